The number of sulfonamides is 1. The van der Waals surface area contributed by atoms with Gasteiger partial charge < -0.3 is 19.7 Å². The zero-order valence-corrected chi connectivity index (χ0v) is 24.0. The highest BCUT2D eigenvalue weighted by Gasteiger charge is 2.71. The summed E-state index contributed by atoms with van der Waals surface area (Å²) in [7, 11) is -4.42. The zero-order chi connectivity index (χ0) is 31.3. The Bertz CT molecular complexity index is 1370. The van der Waals surface area contributed by atoms with Crippen molar-refractivity contribution in [2.24, 2.45) is 11.8 Å². The van der Waals surface area contributed by atoms with Crippen LogP contribution in [0.5, 0.6) is 5.75 Å². The Kier molecular flexibility index (Phi) is 8.87. The third kappa shape index (κ3) is 5.95. The number of ether oxygens (including phenoxy) is 2. The van der Waals surface area contributed by atoms with Crippen LogP contribution >= 0.6 is 0 Å². The van der Waals surface area contributed by atoms with Crippen LogP contribution in [0.15, 0.2) is 41.3 Å². The Balaban J connectivity index is 1.71. The van der Waals surface area contributed by atoms with E-state index in [0.29, 0.717) is 31.1 Å². The first-order valence-corrected chi connectivity index (χ1v) is 14.9. The summed E-state index contributed by atoms with van der Waals surface area (Å²) in [4.78, 5) is -0.236. The van der Waals surface area contributed by atoms with Crippen LogP contribution in [-0.2, 0) is 20.4 Å². The van der Waals surface area contributed by atoms with Gasteiger partial charge in [-0.2, -0.15) is 26.3 Å². The average molecular weight is 626 g/mol. The SMILES string of the molecule is Cc1cc(C(O)(C(F)(F)F)C(F)(F)F)ccc1N(CC(C)C)S(=O)(=O)c1ccc2c(c1)C(O)CC(C1CCOCC1)O2. The number of benzene rings is 2. The summed E-state index contributed by atoms with van der Waals surface area (Å²) in [6.07, 6.45) is -11.7. The van der Waals surface area contributed by atoms with Crippen molar-refractivity contribution in [3.8, 4) is 5.75 Å². The topological polar surface area (TPSA) is 96.3 Å². The molecular weight excluding hydrogens is 592 g/mol. The second-order valence-electron chi connectivity index (χ2n) is 11.2. The van der Waals surface area contributed by atoms with Gasteiger partial charge in [0.2, 0.25) is 0 Å². The molecule has 2 aromatic rings. The Labute approximate surface area is 240 Å². The van der Waals surface area contributed by atoms with E-state index in [1.807, 2.05) is 0 Å². The molecule has 2 aromatic carbocycles. The molecule has 2 atom stereocenters. The Hall–Kier alpha value is -2.55. The molecule has 2 aliphatic heterocycles. The van der Waals surface area contributed by atoms with Crippen molar-refractivity contribution in [1.82, 2.24) is 0 Å². The number of rotatable bonds is 7. The van der Waals surface area contributed by atoms with Crippen LogP contribution in [0.25, 0.3) is 0 Å². The molecule has 0 aromatic heterocycles. The van der Waals surface area contributed by atoms with Crippen molar-refractivity contribution in [2.45, 2.75) is 75.1 Å². The van der Waals surface area contributed by atoms with Crippen molar-refractivity contribution in [3.05, 3.63) is 53.1 Å². The van der Waals surface area contributed by atoms with E-state index in [0.717, 1.165) is 30.1 Å². The van der Waals surface area contributed by atoms with Crippen molar-refractivity contribution in [2.75, 3.05) is 24.1 Å². The number of aliphatic hydroxyl groups is 2. The molecule has 0 spiro atoms. The molecule has 14 heteroatoms. The fourth-order valence-corrected chi connectivity index (χ4v) is 7.15. The molecule has 0 saturated carbocycles. The van der Waals surface area contributed by atoms with Gasteiger partial charge >= 0.3 is 12.4 Å². The highest BCUT2D eigenvalue weighted by atomic mass is 32.2. The normalized spacial score (nSPS) is 20.8. The van der Waals surface area contributed by atoms with Gasteiger partial charge in [0, 0.05) is 43.2 Å². The zero-order valence-electron chi connectivity index (χ0n) is 23.2. The fraction of sp³-hybridized carbons (Fsp3) is 0.571. The molecule has 2 unspecified atom stereocenters. The first-order valence-electron chi connectivity index (χ1n) is 13.4. The minimum Gasteiger partial charge on any atom is -0.490 e. The molecule has 0 amide bonds. The molecule has 2 N–H and O–H groups in total. The van der Waals surface area contributed by atoms with E-state index < -0.39 is 39.6 Å². The number of anilines is 1. The maximum absolute atomic E-state index is 13.9. The molecule has 0 aliphatic carbocycles. The average Bonchev–Trinajstić information content (AvgIpc) is 2.90. The Morgan fingerprint density at radius 3 is 2.17 bits per heavy atom. The number of fused-ring (bicyclic) bond motifs is 1. The summed E-state index contributed by atoms with van der Waals surface area (Å²) in [5, 5.41) is 20.7. The van der Waals surface area contributed by atoms with Crippen LogP contribution in [0.4, 0.5) is 32.0 Å². The molecule has 0 radical (unpaired) electrons. The van der Waals surface area contributed by atoms with Crippen LogP contribution in [0.3, 0.4) is 0 Å². The molecule has 1 saturated heterocycles. The van der Waals surface area contributed by atoms with E-state index in [4.69, 9.17) is 9.47 Å². The van der Waals surface area contributed by atoms with E-state index >= 15 is 0 Å². The van der Waals surface area contributed by atoms with Crippen molar-refractivity contribution >= 4 is 15.7 Å². The summed E-state index contributed by atoms with van der Waals surface area (Å²) in [5.41, 5.74) is -6.77. The highest BCUT2D eigenvalue weighted by molar-refractivity contribution is 7.92. The van der Waals surface area contributed by atoms with Gasteiger partial charge in [-0.15, -0.1) is 0 Å². The number of aliphatic hydroxyl groups excluding tert-OH is 1. The summed E-state index contributed by atoms with van der Waals surface area (Å²) in [6.45, 7) is 5.56. The van der Waals surface area contributed by atoms with Crippen LogP contribution in [0, 0.1) is 18.8 Å². The number of hydrogen-bond donors (Lipinski definition) is 2. The molecule has 7 nitrogen and oxygen atoms in total. The van der Waals surface area contributed by atoms with Gasteiger partial charge in [0.25, 0.3) is 15.6 Å². The van der Waals surface area contributed by atoms with Gasteiger partial charge in [0.1, 0.15) is 11.9 Å². The fourth-order valence-electron chi connectivity index (χ4n) is 5.42. The van der Waals surface area contributed by atoms with Crippen LogP contribution in [-0.4, -0.2) is 56.8 Å². The highest BCUT2D eigenvalue weighted by Crippen LogP contribution is 2.51. The Morgan fingerprint density at radius 2 is 1.62 bits per heavy atom. The molecule has 0 bridgehead atoms. The maximum Gasteiger partial charge on any atom is 0.430 e. The second-order valence-corrected chi connectivity index (χ2v) is 13.1. The Morgan fingerprint density at radius 1 is 1.00 bits per heavy atom. The number of hydrogen-bond acceptors (Lipinski definition) is 6. The van der Waals surface area contributed by atoms with Gasteiger partial charge in [-0.1, -0.05) is 26.0 Å². The van der Waals surface area contributed by atoms with Crippen LogP contribution < -0.4 is 9.04 Å². The van der Waals surface area contributed by atoms with Gasteiger partial charge in [0.15, 0.2) is 0 Å². The third-order valence-corrected chi connectivity index (χ3v) is 9.46. The molecule has 4 rings (SSSR count). The monoisotopic (exact) mass is 625 g/mol. The van der Waals surface area contributed by atoms with Crippen molar-refractivity contribution in [1.29, 1.82) is 0 Å². The summed E-state index contributed by atoms with van der Waals surface area (Å²) >= 11 is 0. The minimum absolute atomic E-state index is 0.159. The van der Waals surface area contributed by atoms with Gasteiger partial charge in [-0.05, 0) is 55.5 Å². The lowest BCUT2D eigenvalue weighted by Crippen LogP contribution is -2.54. The first kappa shape index (κ1) is 32.4. The summed E-state index contributed by atoms with van der Waals surface area (Å²) in [6, 6.07) is 5.73. The smallest absolute Gasteiger partial charge is 0.430 e. The lowest BCUT2D eigenvalue weighted by Gasteiger charge is -2.36. The van der Waals surface area contributed by atoms with E-state index in [1.165, 1.54) is 18.2 Å². The predicted molar refractivity (Wildman–Crippen MR) is 141 cm³/mol. The standard InChI is InChI=1S/C28H33F6NO6S/c1-16(2)15-35(22-6-4-19(12-17(22)3)26(37,27(29,30)31)28(32,33)34)42(38,39)20-5-7-24-21(13-20)23(36)14-25(41-24)18-8-10-40-11-9-18/h4-7,12-13,16,18,23,25,36-37H,8-11,14-15H2,1-3H3. The number of alkyl halides is 6. The third-order valence-electron chi connectivity index (χ3n) is 7.69. The summed E-state index contributed by atoms with van der Waals surface area (Å²) < 4.78 is 121. The first-order chi connectivity index (χ1) is 19.4. The maximum atomic E-state index is 13.9. The molecule has 234 valence electrons. The van der Waals surface area contributed by atoms with E-state index in [2.05, 4.69) is 0 Å². The molecule has 42 heavy (non-hydrogen) atoms. The van der Waals surface area contributed by atoms with Gasteiger partial charge in [0.05, 0.1) is 16.7 Å². The summed E-state index contributed by atoms with van der Waals surface area (Å²) in [5.74, 6) is 0.205. The quantitative estimate of drug-likeness (QED) is 0.380. The number of aryl methyl sites for hydroxylation is 1. The van der Waals surface area contributed by atoms with Crippen molar-refractivity contribution in [3.63, 3.8) is 0 Å². The minimum atomic E-state index is -6.08. The largest absolute Gasteiger partial charge is 0.490 e. The lowest BCUT2D eigenvalue weighted by molar-refractivity contribution is -0.376. The van der Waals surface area contributed by atoms with E-state index in [-0.39, 0.29) is 52.6 Å². The predicted octanol–water partition coefficient (Wildman–Crippen LogP) is 5.77. The molecule has 1 fully saturated rings. The van der Waals surface area contributed by atoms with E-state index in [1.54, 1.807) is 13.8 Å². The molecular formula is C28H33F6NO6S. The van der Waals surface area contributed by atoms with E-state index in [9.17, 15) is 45.0 Å². The van der Waals surface area contributed by atoms with Crippen LogP contribution in [0.1, 0.15) is 55.9 Å². The molecule has 2 aliphatic rings. The lowest BCUT2D eigenvalue weighted by atomic mass is 9.87. The second kappa shape index (κ2) is 11.5. The number of halogens is 6. The molecule has 2 heterocycles. The van der Waals surface area contributed by atoms with Crippen LogP contribution in [0.2, 0.25) is 0 Å². The van der Waals surface area contributed by atoms with Gasteiger partial charge in [-0.3, -0.25) is 4.31 Å². The van der Waals surface area contributed by atoms with Gasteiger partial charge in [-0.25, -0.2) is 8.42 Å². The number of nitrogens with zero attached hydrogens (tertiary/aromatic N) is 1. The van der Waals surface area contributed by atoms with Crippen molar-refractivity contribution < 1.29 is 54.4 Å².